The second-order valence-electron chi connectivity index (χ2n) is 6.21. The molecular formula is C15H30F3NO3S. The van der Waals surface area contributed by atoms with Gasteiger partial charge in [-0.15, -0.1) is 0 Å². The molecule has 1 saturated heterocycles. The molecule has 0 bridgehead atoms. The fourth-order valence-corrected chi connectivity index (χ4v) is 2.88. The Hall–Kier alpha value is -0.340. The largest absolute Gasteiger partial charge is 0.741 e. The third-order valence-electron chi connectivity index (χ3n) is 4.10. The molecule has 1 aliphatic heterocycles. The topological polar surface area (TPSA) is 61.6 Å². The maximum atomic E-state index is 10.7. The molecule has 0 saturated carbocycles. The lowest BCUT2D eigenvalue weighted by atomic mass is 10.0. The second kappa shape index (κ2) is 11.3. The van der Waals surface area contributed by atoms with Crippen molar-refractivity contribution in [1.82, 2.24) is 0 Å². The van der Waals surface area contributed by atoms with E-state index in [4.69, 9.17) is 13.0 Å². The van der Waals surface area contributed by atoms with E-state index in [1.807, 2.05) is 4.90 Å². The third kappa shape index (κ3) is 10.9. The van der Waals surface area contributed by atoms with Gasteiger partial charge in [-0.05, 0) is 19.3 Å². The molecule has 8 heteroatoms. The molecule has 1 fully saturated rings. The van der Waals surface area contributed by atoms with Crippen LogP contribution < -0.4 is 4.90 Å². The molecule has 1 rings (SSSR count). The van der Waals surface area contributed by atoms with Gasteiger partial charge in [0.05, 0.1) is 19.6 Å². The lowest BCUT2D eigenvalue weighted by molar-refractivity contribution is -0.889. The van der Waals surface area contributed by atoms with E-state index in [2.05, 4.69) is 13.8 Å². The molecule has 0 aromatic heterocycles. The summed E-state index contributed by atoms with van der Waals surface area (Å²) in [6.07, 6.45) is 11.6. The van der Waals surface area contributed by atoms with Crippen molar-refractivity contribution in [2.45, 2.75) is 70.7 Å². The molecule has 0 amide bonds. The summed E-state index contributed by atoms with van der Waals surface area (Å²) >= 11 is 0. The van der Waals surface area contributed by atoms with Crippen molar-refractivity contribution >= 4 is 10.1 Å². The Balaban J connectivity index is 0.000000515. The van der Waals surface area contributed by atoms with Crippen molar-refractivity contribution in [3.05, 3.63) is 0 Å². The number of halogens is 3. The van der Waals surface area contributed by atoms with E-state index in [9.17, 15) is 13.2 Å². The van der Waals surface area contributed by atoms with Crippen molar-refractivity contribution in [3.8, 4) is 0 Å². The summed E-state index contributed by atoms with van der Waals surface area (Å²) < 4.78 is 58.9. The lowest BCUT2D eigenvalue weighted by Crippen LogP contribution is -3.10. The zero-order valence-corrected chi connectivity index (χ0v) is 14.9. The molecule has 0 aromatic rings. The molecule has 0 spiro atoms. The SMILES string of the molecule is CCCCCCC[NH+]1CCC(CCC)C1.O=S(=O)([O-])C(F)(F)F. The van der Waals surface area contributed by atoms with Crippen molar-refractivity contribution < 1.29 is 31.0 Å². The van der Waals surface area contributed by atoms with Gasteiger partial charge in [-0.25, -0.2) is 8.42 Å². The van der Waals surface area contributed by atoms with Crippen molar-refractivity contribution in [1.29, 1.82) is 0 Å². The minimum Gasteiger partial charge on any atom is -0.741 e. The molecule has 2 unspecified atom stereocenters. The summed E-state index contributed by atoms with van der Waals surface area (Å²) in [5.74, 6) is 1.06. The Morgan fingerprint density at radius 2 is 1.65 bits per heavy atom. The fraction of sp³-hybridized carbons (Fsp3) is 1.00. The van der Waals surface area contributed by atoms with Crippen LogP contribution in [0.25, 0.3) is 0 Å². The van der Waals surface area contributed by atoms with E-state index in [1.165, 1.54) is 71.0 Å². The Kier molecular flexibility index (Phi) is 11.1. The first kappa shape index (κ1) is 22.7. The first-order valence-electron chi connectivity index (χ1n) is 8.47. The number of alkyl halides is 3. The fourth-order valence-electron chi connectivity index (χ4n) is 2.88. The Labute approximate surface area is 138 Å². The number of quaternary nitrogens is 1. The predicted octanol–water partition coefficient (Wildman–Crippen LogP) is 2.71. The zero-order valence-electron chi connectivity index (χ0n) is 14.1. The highest BCUT2D eigenvalue weighted by Gasteiger charge is 2.36. The third-order valence-corrected chi connectivity index (χ3v) is 4.66. The van der Waals surface area contributed by atoms with Gasteiger partial charge in [0.15, 0.2) is 10.1 Å². The molecule has 4 nitrogen and oxygen atoms in total. The summed E-state index contributed by atoms with van der Waals surface area (Å²) in [5, 5.41) is 0. The molecule has 1 heterocycles. The highest BCUT2D eigenvalue weighted by molar-refractivity contribution is 7.86. The average molecular weight is 361 g/mol. The van der Waals surface area contributed by atoms with Gasteiger partial charge >= 0.3 is 5.51 Å². The van der Waals surface area contributed by atoms with E-state index in [0.29, 0.717) is 0 Å². The number of hydrogen-bond acceptors (Lipinski definition) is 3. The van der Waals surface area contributed by atoms with Crippen LogP contribution in [-0.4, -0.2) is 38.1 Å². The molecule has 0 aromatic carbocycles. The van der Waals surface area contributed by atoms with E-state index in [1.54, 1.807) is 0 Å². The van der Waals surface area contributed by atoms with Crippen LogP contribution in [0.4, 0.5) is 13.2 Å². The van der Waals surface area contributed by atoms with Gasteiger partial charge in [-0.2, -0.15) is 13.2 Å². The van der Waals surface area contributed by atoms with Crippen molar-refractivity contribution in [2.24, 2.45) is 5.92 Å². The molecule has 1 aliphatic rings. The van der Waals surface area contributed by atoms with Crippen LogP contribution in [0.15, 0.2) is 0 Å². The molecule has 1 N–H and O–H groups in total. The van der Waals surface area contributed by atoms with E-state index < -0.39 is 15.6 Å². The van der Waals surface area contributed by atoms with Crippen LogP contribution in [0, 0.1) is 5.92 Å². The summed E-state index contributed by atoms with van der Waals surface area (Å²) in [6, 6.07) is 0. The molecule has 2 atom stereocenters. The quantitative estimate of drug-likeness (QED) is 0.411. The predicted molar refractivity (Wildman–Crippen MR) is 83.1 cm³/mol. The summed E-state index contributed by atoms with van der Waals surface area (Å²) in [7, 11) is -6.09. The second-order valence-corrected chi connectivity index (χ2v) is 7.58. The molecule has 0 radical (unpaired) electrons. The van der Waals surface area contributed by atoms with Crippen molar-refractivity contribution in [3.63, 3.8) is 0 Å². The van der Waals surface area contributed by atoms with Crippen LogP contribution in [0.1, 0.15) is 65.2 Å². The number of hydrogen-bond donors (Lipinski definition) is 1. The number of rotatable bonds is 8. The van der Waals surface area contributed by atoms with Crippen LogP contribution in [0.3, 0.4) is 0 Å². The van der Waals surface area contributed by atoms with Crippen LogP contribution >= 0.6 is 0 Å². The first-order valence-corrected chi connectivity index (χ1v) is 9.88. The Bertz CT molecular complexity index is 399. The average Bonchev–Trinajstić information content (AvgIpc) is 2.85. The monoisotopic (exact) mass is 361 g/mol. The minimum atomic E-state index is -6.09. The molecule has 23 heavy (non-hydrogen) atoms. The summed E-state index contributed by atoms with van der Waals surface area (Å²) in [5.41, 5.74) is -5.65. The van der Waals surface area contributed by atoms with Crippen LogP contribution in [0.5, 0.6) is 0 Å². The van der Waals surface area contributed by atoms with Crippen LogP contribution in [-0.2, 0) is 10.1 Å². The van der Waals surface area contributed by atoms with Gasteiger partial charge in [0.1, 0.15) is 0 Å². The van der Waals surface area contributed by atoms with Crippen molar-refractivity contribution in [2.75, 3.05) is 19.6 Å². The standard InChI is InChI=1S/C14H29N.CHF3O3S/c1-3-5-6-7-8-11-15-12-10-14(13-15)9-4-2;2-1(3,4)8(5,6)7/h14H,3-13H2,1-2H3;(H,5,6,7). The molecular weight excluding hydrogens is 331 g/mol. The smallest absolute Gasteiger partial charge is 0.485 e. The lowest BCUT2D eigenvalue weighted by Gasteiger charge is -2.12. The van der Waals surface area contributed by atoms with Gasteiger partial charge in [-0.3, -0.25) is 0 Å². The first-order chi connectivity index (χ1) is 10.6. The highest BCUT2D eigenvalue weighted by atomic mass is 32.2. The van der Waals surface area contributed by atoms with Crippen LogP contribution in [0.2, 0.25) is 0 Å². The van der Waals surface area contributed by atoms with E-state index >= 15 is 0 Å². The normalized spacial score (nSPS) is 21.8. The molecule has 140 valence electrons. The van der Waals surface area contributed by atoms with E-state index in [0.717, 1.165) is 5.92 Å². The van der Waals surface area contributed by atoms with Gasteiger partial charge in [0.2, 0.25) is 0 Å². The zero-order chi connectivity index (χ0) is 17.9. The summed E-state index contributed by atoms with van der Waals surface area (Å²) in [4.78, 5) is 1.89. The maximum absolute atomic E-state index is 10.7. The van der Waals surface area contributed by atoms with E-state index in [-0.39, 0.29) is 0 Å². The van der Waals surface area contributed by atoms with Gasteiger partial charge in [-0.1, -0.05) is 39.5 Å². The number of nitrogens with one attached hydrogen (secondary N) is 1. The molecule has 0 aliphatic carbocycles. The minimum absolute atomic E-state index is 1.06. The maximum Gasteiger partial charge on any atom is 0.485 e. The number of unbranched alkanes of at least 4 members (excludes halogenated alkanes) is 4. The van der Waals surface area contributed by atoms with Gasteiger partial charge in [0, 0.05) is 12.3 Å². The number of likely N-dealkylation sites (tertiary alicyclic amines) is 1. The summed E-state index contributed by atoms with van der Waals surface area (Å²) in [6.45, 7) is 8.99. The van der Waals surface area contributed by atoms with Gasteiger partial charge in [0.25, 0.3) is 0 Å². The Morgan fingerprint density at radius 1 is 1.09 bits per heavy atom. The highest BCUT2D eigenvalue weighted by Crippen LogP contribution is 2.20. The van der Waals surface area contributed by atoms with Gasteiger partial charge < -0.3 is 9.45 Å². The Morgan fingerprint density at radius 3 is 2.13 bits per heavy atom.